The second-order valence-electron chi connectivity index (χ2n) is 4.49. The van der Waals surface area contributed by atoms with E-state index in [-0.39, 0.29) is 5.91 Å². The monoisotopic (exact) mass is 337 g/mol. The summed E-state index contributed by atoms with van der Waals surface area (Å²) in [6.07, 6.45) is 0.787. The number of aromatic nitrogens is 3. The van der Waals surface area contributed by atoms with Crippen molar-refractivity contribution in [2.75, 3.05) is 24.3 Å². The molecule has 0 saturated carbocycles. The van der Waals surface area contributed by atoms with Crippen molar-refractivity contribution in [2.24, 2.45) is 0 Å². The van der Waals surface area contributed by atoms with Crippen LogP contribution in [0.3, 0.4) is 0 Å². The van der Waals surface area contributed by atoms with Gasteiger partial charge in [0.15, 0.2) is 0 Å². The molecule has 2 N–H and O–H groups in total. The quantitative estimate of drug-likeness (QED) is 0.898. The molecule has 0 radical (unpaired) electrons. The normalized spacial score (nSPS) is 10.4. The van der Waals surface area contributed by atoms with E-state index in [0.717, 1.165) is 16.5 Å². The zero-order valence-corrected chi connectivity index (χ0v) is 13.2. The largest absolute Gasteiger partial charge is 0.346 e. The number of halogens is 1. The first-order chi connectivity index (χ1) is 9.51. The summed E-state index contributed by atoms with van der Waals surface area (Å²) in [5.41, 5.74) is 1.61. The Balaban J connectivity index is 2.21. The first kappa shape index (κ1) is 14.5. The number of amides is 1. The van der Waals surface area contributed by atoms with Gasteiger partial charge in [-0.1, -0.05) is 28.9 Å². The summed E-state index contributed by atoms with van der Waals surface area (Å²) in [7, 11) is 3.66. The number of hydrogen-bond donors (Lipinski definition) is 2. The molecule has 0 unspecified atom stereocenters. The molecule has 1 aromatic heterocycles. The van der Waals surface area contributed by atoms with Crippen LogP contribution in [0.25, 0.3) is 0 Å². The summed E-state index contributed by atoms with van der Waals surface area (Å²) in [6.45, 7) is 2.01. The van der Waals surface area contributed by atoms with E-state index in [0.29, 0.717) is 17.5 Å². The van der Waals surface area contributed by atoms with E-state index < -0.39 is 0 Å². The minimum absolute atomic E-state index is 0.204. The fraction of sp³-hybridized carbons (Fsp3) is 0.308. The first-order valence-electron chi connectivity index (χ1n) is 6.20. The van der Waals surface area contributed by atoms with Crippen molar-refractivity contribution >= 4 is 33.7 Å². The maximum atomic E-state index is 12.3. The van der Waals surface area contributed by atoms with Crippen LogP contribution in [0.5, 0.6) is 0 Å². The average Bonchev–Trinajstić information content (AvgIpc) is 2.87. The number of carbonyl (C=O) groups is 1. The molecule has 0 saturated heterocycles. The van der Waals surface area contributed by atoms with Crippen molar-refractivity contribution in [3.63, 3.8) is 0 Å². The van der Waals surface area contributed by atoms with E-state index in [1.165, 1.54) is 0 Å². The van der Waals surface area contributed by atoms with Crippen molar-refractivity contribution < 1.29 is 4.79 Å². The number of nitrogens with zero attached hydrogens (tertiary/aromatic N) is 3. The SMILES string of the molecule is CCc1ccc(Br)cc1C(=O)Nc1nc(N(C)C)n[nH]1. The van der Waals surface area contributed by atoms with Crippen LogP contribution >= 0.6 is 15.9 Å². The third-order valence-electron chi connectivity index (χ3n) is 2.80. The summed E-state index contributed by atoms with van der Waals surface area (Å²) in [6, 6.07) is 5.66. The molecular formula is C13H16BrN5O. The van der Waals surface area contributed by atoms with Crippen molar-refractivity contribution in [3.05, 3.63) is 33.8 Å². The lowest BCUT2D eigenvalue weighted by atomic mass is 10.1. The maximum absolute atomic E-state index is 12.3. The lowest BCUT2D eigenvalue weighted by Gasteiger charge is -2.08. The van der Waals surface area contributed by atoms with Crippen LogP contribution < -0.4 is 10.2 Å². The van der Waals surface area contributed by atoms with Gasteiger partial charge in [-0.2, -0.15) is 4.98 Å². The Morgan fingerprint density at radius 1 is 1.45 bits per heavy atom. The molecule has 0 atom stereocenters. The third-order valence-corrected chi connectivity index (χ3v) is 3.30. The van der Waals surface area contributed by atoms with Gasteiger partial charge in [-0.3, -0.25) is 10.1 Å². The molecule has 2 rings (SSSR count). The molecule has 0 aliphatic heterocycles. The van der Waals surface area contributed by atoms with Crippen LogP contribution in [0, 0.1) is 0 Å². The molecule has 1 heterocycles. The standard InChI is InChI=1S/C13H16BrN5O/c1-4-8-5-6-9(14)7-10(8)11(20)15-12-16-13(18-17-12)19(2)3/h5-7H,4H2,1-3H3,(H2,15,16,17,18,20). The van der Waals surface area contributed by atoms with Gasteiger partial charge < -0.3 is 4.90 Å². The van der Waals surface area contributed by atoms with Gasteiger partial charge in [-0.05, 0) is 24.1 Å². The number of rotatable bonds is 4. The summed E-state index contributed by atoms with van der Waals surface area (Å²) < 4.78 is 0.867. The van der Waals surface area contributed by atoms with Crippen molar-refractivity contribution in [1.82, 2.24) is 15.2 Å². The number of aryl methyl sites for hydroxylation is 1. The molecule has 1 aromatic carbocycles. The van der Waals surface area contributed by atoms with Crippen LogP contribution in [-0.2, 0) is 6.42 Å². The van der Waals surface area contributed by atoms with E-state index in [4.69, 9.17) is 0 Å². The van der Waals surface area contributed by atoms with Gasteiger partial charge in [0.1, 0.15) is 0 Å². The zero-order valence-electron chi connectivity index (χ0n) is 11.6. The molecule has 6 nitrogen and oxygen atoms in total. The predicted octanol–water partition coefficient (Wildman–Crippen LogP) is 2.45. The number of H-pyrrole nitrogens is 1. The summed E-state index contributed by atoms with van der Waals surface area (Å²) in [5.74, 6) is 0.649. The summed E-state index contributed by atoms with van der Waals surface area (Å²) in [5, 5.41) is 9.40. The van der Waals surface area contributed by atoms with Crippen molar-refractivity contribution in [2.45, 2.75) is 13.3 Å². The first-order valence-corrected chi connectivity index (χ1v) is 7.00. The maximum Gasteiger partial charge on any atom is 0.258 e. The highest BCUT2D eigenvalue weighted by atomic mass is 79.9. The summed E-state index contributed by atoms with van der Waals surface area (Å²) >= 11 is 3.38. The Bertz CT molecular complexity index is 623. The van der Waals surface area contributed by atoms with E-state index in [1.807, 2.05) is 33.2 Å². The van der Waals surface area contributed by atoms with Gasteiger partial charge in [-0.25, -0.2) is 5.10 Å². The van der Waals surface area contributed by atoms with E-state index in [1.54, 1.807) is 11.0 Å². The lowest BCUT2D eigenvalue weighted by Crippen LogP contribution is -2.15. The molecule has 0 spiro atoms. The number of benzene rings is 1. The Morgan fingerprint density at radius 3 is 2.80 bits per heavy atom. The van der Waals surface area contributed by atoms with Gasteiger partial charge in [0.25, 0.3) is 5.91 Å². The molecule has 0 aliphatic carbocycles. The average molecular weight is 338 g/mol. The van der Waals surface area contributed by atoms with Crippen LogP contribution in [0.2, 0.25) is 0 Å². The Morgan fingerprint density at radius 2 is 2.20 bits per heavy atom. The molecule has 20 heavy (non-hydrogen) atoms. The van der Waals surface area contributed by atoms with Crippen LogP contribution in [0.1, 0.15) is 22.8 Å². The minimum atomic E-state index is -0.204. The van der Waals surface area contributed by atoms with E-state index in [2.05, 4.69) is 36.4 Å². The van der Waals surface area contributed by atoms with Gasteiger partial charge in [0, 0.05) is 24.1 Å². The third kappa shape index (κ3) is 3.16. The predicted molar refractivity (Wildman–Crippen MR) is 82.2 cm³/mol. The number of aromatic amines is 1. The molecule has 0 fully saturated rings. The fourth-order valence-electron chi connectivity index (χ4n) is 1.75. The second-order valence-corrected chi connectivity index (χ2v) is 5.40. The highest BCUT2D eigenvalue weighted by Gasteiger charge is 2.13. The molecular weight excluding hydrogens is 322 g/mol. The fourth-order valence-corrected chi connectivity index (χ4v) is 2.11. The number of carbonyl (C=O) groups excluding carboxylic acids is 1. The number of hydrogen-bond acceptors (Lipinski definition) is 4. The topological polar surface area (TPSA) is 73.9 Å². The van der Waals surface area contributed by atoms with Gasteiger partial charge >= 0.3 is 0 Å². The van der Waals surface area contributed by atoms with Crippen LogP contribution in [0.4, 0.5) is 11.9 Å². The zero-order chi connectivity index (χ0) is 14.7. The number of nitrogens with one attached hydrogen (secondary N) is 2. The second kappa shape index (κ2) is 6.04. The van der Waals surface area contributed by atoms with Crippen molar-refractivity contribution in [1.29, 1.82) is 0 Å². The molecule has 106 valence electrons. The molecule has 7 heteroatoms. The Hall–Kier alpha value is -1.89. The van der Waals surface area contributed by atoms with E-state index >= 15 is 0 Å². The van der Waals surface area contributed by atoms with Gasteiger partial charge in [0.05, 0.1) is 0 Å². The lowest BCUT2D eigenvalue weighted by molar-refractivity contribution is 0.102. The molecule has 0 bridgehead atoms. The summed E-state index contributed by atoms with van der Waals surface area (Å²) in [4.78, 5) is 18.2. The van der Waals surface area contributed by atoms with E-state index in [9.17, 15) is 4.79 Å². The molecule has 2 aromatic rings. The van der Waals surface area contributed by atoms with Gasteiger partial charge in [0.2, 0.25) is 11.9 Å². The minimum Gasteiger partial charge on any atom is -0.346 e. The Labute approximate surface area is 125 Å². The molecule has 1 amide bonds. The van der Waals surface area contributed by atoms with Gasteiger partial charge in [-0.15, -0.1) is 5.10 Å². The van der Waals surface area contributed by atoms with Crippen molar-refractivity contribution in [3.8, 4) is 0 Å². The Kier molecular flexibility index (Phi) is 4.39. The van der Waals surface area contributed by atoms with Crippen LogP contribution in [-0.4, -0.2) is 35.2 Å². The number of anilines is 2. The smallest absolute Gasteiger partial charge is 0.258 e. The molecule has 0 aliphatic rings. The highest BCUT2D eigenvalue weighted by molar-refractivity contribution is 9.10. The highest BCUT2D eigenvalue weighted by Crippen LogP contribution is 2.18. The van der Waals surface area contributed by atoms with Crippen LogP contribution in [0.15, 0.2) is 22.7 Å².